The summed E-state index contributed by atoms with van der Waals surface area (Å²) in [5.74, 6) is 0.747. The molecule has 0 aromatic heterocycles. The predicted molar refractivity (Wildman–Crippen MR) is 95.9 cm³/mol. The van der Waals surface area contributed by atoms with Gasteiger partial charge >= 0.3 is 0 Å². The van der Waals surface area contributed by atoms with Crippen molar-refractivity contribution in [2.24, 2.45) is 17.1 Å². The van der Waals surface area contributed by atoms with Gasteiger partial charge in [0.15, 0.2) is 0 Å². The van der Waals surface area contributed by atoms with E-state index < -0.39 is 0 Å². The normalized spacial score (nSPS) is 17.1. The van der Waals surface area contributed by atoms with Crippen LogP contribution in [-0.2, 0) is 0 Å². The summed E-state index contributed by atoms with van der Waals surface area (Å²) in [6.45, 7) is 7.81. The highest BCUT2D eigenvalue weighted by molar-refractivity contribution is 7.80. The summed E-state index contributed by atoms with van der Waals surface area (Å²) in [6, 6.07) is 6.16. The van der Waals surface area contributed by atoms with Gasteiger partial charge in [-0.15, -0.1) is 0 Å². The van der Waals surface area contributed by atoms with Crippen LogP contribution in [0, 0.1) is 18.3 Å². The van der Waals surface area contributed by atoms with E-state index in [1.54, 1.807) is 0 Å². The summed E-state index contributed by atoms with van der Waals surface area (Å²) in [4.78, 5) is 0.477. The van der Waals surface area contributed by atoms with E-state index in [0.717, 1.165) is 23.7 Å². The lowest BCUT2D eigenvalue weighted by atomic mass is 9.78. The topological polar surface area (TPSA) is 38.0 Å². The Balaban J connectivity index is 2.16. The Labute approximate surface area is 134 Å². The minimum Gasteiger partial charge on any atom is -0.389 e. The standard InChI is InChI=1S/C18H28N2S/c1-13(2)11-18(9-4-5-10-18)12-20-16-14(3)7-6-8-15(16)17(19)21/h6-8,13,20H,4-5,9-12H2,1-3H3,(H2,19,21). The molecule has 2 nitrogen and oxygen atoms in total. The van der Waals surface area contributed by atoms with E-state index in [1.165, 1.54) is 37.7 Å². The van der Waals surface area contributed by atoms with Crippen molar-refractivity contribution in [1.82, 2.24) is 0 Å². The van der Waals surface area contributed by atoms with Gasteiger partial charge in [0, 0.05) is 17.8 Å². The zero-order chi connectivity index (χ0) is 15.5. The van der Waals surface area contributed by atoms with E-state index in [-0.39, 0.29) is 0 Å². The molecule has 0 saturated heterocycles. The molecule has 0 bridgehead atoms. The molecule has 3 N–H and O–H groups in total. The molecular weight excluding hydrogens is 276 g/mol. The second-order valence-corrected chi connectivity index (χ2v) is 7.46. The number of nitrogens with one attached hydrogen (secondary N) is 1. The molecule has 1 aliphatic carbocycles. The highest BCUT2D eigenvalue weighted by atomic mass is 32.1. The van der Waals surface area contributed by atoms with Crippen LogP contribution in [0.3, 0.4) is 0 Å². The van der Waals surface area contributed by atoms with Crippen molar-refractivity contribution in [3.05, 3.63) is 29.3 Å². The summed E-state index contributed by atoms with van der Waals surface area (Å²) in [5.41, 5.74) is 9.64. The predicted octanol–water partition coefficient (Wildman–Crippen LogP) is 4.65. The van der Waals surface area contributed by atoms with Gasteiger partial charge in [-0.25, -0.2) is 0 Å². The van der Waals surface area contributed by atoms with Crippen molar-refractivity contribution in [2.75, 3.05) is 11.9 Å². The van der Waals surface area contributed by atoms with Crippen LogP contribution in [0.25, 0.3) is 0 Å². The highest BCUT2D eigenvalue weighted by Crippen LogP contribution is 2.43. The van der Waals surface area contributed by atoms with Crippen LogP contribution >= 0.6 is 12.2 Å². The molecule has 3 heteroatoms. The lowest BCUT2D eigenvalue weighted by molar-refractivity contribution is 0.252. The SMILES string of the molecule is Cc1cccc(C(N)=S)c1NCC1(CC(C)C)CCCC1. The van der Waals surface area contributed by atoms with Gasteiger partial charge in [0.05, 0.1) is 0 Å². The Morgan fingerprint density at radius 3 is 2.57 bits per heavy atom. The molecule has 0 atom stereocenters. The van der Waals surface area contributed by atoms with Crippen molar-refractivity contribution in [2.45, 2.75) is 52.9 Å². The van der Waals surface area contributed by atoms with E-state index >= 15 is 0 Å². The first-order valence-electron chi connectivity index (χ1n) is 8.07. The van der Waals surface area contributed by atoms with Gasteiger partial charge in [-0.1, -0.05) is 51.0 Å². The van der Waals surface area contributed by atoms with Crippen molar-refractivity contribution < 1.29 is 0 Å². The molecule has 1 aliphatic rings. The Hall–Kier alpha value is -1.09. The molecule has 0 unspecified atom stereocenters. The smallest absolute Gasteiger partial charge is 0.106 e. The lowest BCUT2D eigenvalue weighted by Crippen LogP contribution is -2.29. The van der Waals surface area contributed by atoms with Gasteiger partial charge in [-0.3, -0.25) is 0 Å². The fourth-order valence-corrected chi connectivity index (χ4v) is 4.00. The fourth-order valence-electron chi connectivity index (χ4n) is 3.83. The molecule has 0 spiro atoms. The molecule has 1 aromatic rings. The first-order valence-corrected chi connectivity index (χ1v) is 8.48. The second kappa shape index (κ2) is 6.78. The summed E-state index contributed by atoms with van der Waals surface area (Å²) in [6.07, 6.45) is 6.71. The summed E-state index contributed by atoms with van der Waals surface area (Å²) in [5, 5.41) is 3.68. The molecule has 2 rings (SSSR count). The van der Waals surface area contributed by atoms with E-state index in [4.69, 9.17) is 18.0 Å². The number of nitrogens with two attached hydrogens (primary N) is 1. The number of anilines is 1. The minimum atomic E-state index is 0.448. The van der Waals surface area contributed by atoms with Gasteiger partial charge in [-0.05, 0) is 49.1 Å². The van der Waals surface area contributed by atoms with Crippen LogP contribution in [0.1, 0.15) is 57.1 Å². The Bertz CT molecular complexity index is 502. The first kappa shape index (κ1) is 16.3. The van der Waals surface area contributed by atoms with E-state index in [2.05, 4.69) is 32.2 Å². The van der Waals surface area contributed by atoms with Gasteiger partial charge in [0.1, 0.15) is 4.99 Å². The second-order valence-electron chi connectivity index (χ2n) is 7.02. The maximum absolute atomic E-state index is 5.87. The van der Waals surface area contributed by atoms with Crippen molar-refractivity contribution in [1.29, 1.82) is 0 Å². The third-order valence-corrected chi connectivity index (χ3v) is 4.90. The monoisotopic (exact) mass is 304 g/mol. The molecule has 0 radical (unpaired) electrons. The summed E-state index contributed by atoms with van der Waals surface area (Å²) in [7, 11) is 0. The van der Waals surface area contributed by atoms with Crippen molar-refractivity contribution in [3.8, 4) is 0 Å². The van der Waals surface area contributed by atoms with Gasteiger partial charge in [0.25, 0.3) is 0 Å². The lowest BCUT2D eigenvalue weighted by Gasteiger charge is -2.32. The summed E-state index contributed by atoms with van der Waals surface area (Å²) < 4.78 is 0. The number of aryl methyl sites for hydroxylation is 1. The van der Waals surface area contributed by atoms with Crippen LogP contribution in [-0.4, -0.2) is 11.5 Å². The van der Waals surface area contributed by atoms with Crippen LogP contribution in [0.4, 0.5) is 5.69 Å². The molecule has 0 heterocycles. The number of hydrogen-bond donors (Lipinski definition) is 2. The van der Waals surface area contributed by atoms with E-state index in [9.17, 15) is 0 Å². The molecule has 1 fully saturated rings. The minimum absolute atomic E-state index is 0.448. The average Bonchev–Trinajstić information content (AvgIpc) is 2.85. The van der Waals surface area contributed by atoms with Crippen LogP contribution < -0.4 is 11.1 Å². The number of benzene rings is 1. The number of para-hydroxylation sites is 1. The molecule has 1 saturated carbocycles. The Kier molecular flexibility index (Phi) is 5.26. The highest BCUT2D eigenvalue weighted by Gasteiger charge is 2.34. The maximum atomic E-state index is 5.87. The van der Waals surface area contributed by atoms with Crippen LogP contribution in [0.15, 0.2) is 18.2 Å². The number of thiocarbonyl (C=S) groups is 1. The fraction of sp³-hybridized carbons (Fsp3) is 0.611. The first-order chi connectivity index (χ1) is 9.93. The Morgan fingerprint density at radius 2 is 2.00 bits per heavy atom. The third-order valence-electron chi connectivity index (χ3n) is 4.68. The van der Waals surface area contributed by atoms with Crippen molar-refractivity contribution >= 4 is 22.9 Å². The van der Waals surface area contributed by atoms with Crippen molar-refractivity contribution in [3.63, 3.8) is 0 Å². The van der Waals surface area contributed by atoms with E-state index in [0.29, 0.717) is 10.4 Å². The molecule has 116 valence electrons. The van der Waals surface area contributed by atoms with Gasteiger partial charge in [0.2, 0.25) is 0 Å². The van der Waals surface area contributed by atoms with Gasteiger partial charge in [-0.2, -0.15) is 0 Å². The quantitative estimate of drug-likeness (QED) is 0.751. The zero-order valence-electron chi connectivity index (χ0n) is 13.5. The van der Waals surface area contributed by atoms with Gasteiger partial charge < -0.3 is 11.1 Å². The van der Waals surface area contributed by atoms with E-state index in [1.807, 2.05) is 12.1 Å². The largest absolute Gasteiger partial charge is 0.389 e. The zero-order valence-corrected chi connectivity index (χ0v) is 14.4. The summed E-state index contributed by atoms with van der Waals surface area (Å²) >= 11 is 5.19. The average molecular weight is 305 g/mol. The number of rotatable bonds is 6. The molecule has 0 amide bonds. The third kappa shape index (κ3) is 3.97. The van der Waals surface area contributed by atoms with Crippen LogP contribution in [0.2, 0.25) is 0 Å². The number of hydrogen-bond acceptors (Lipinski definition) is 2. The maximum Gasteiger partial charge on any atom is 0.106 e. The molecular formula is C18H28N2S. The molecule has 1 aromatic carbocycles. The molecule has 0 aliphatic heterocycles. The Morgan fingerprint density at radius 1 is 1.33 bits per heavy atom. The van der Waals surface area contributed by atoms with Crippen LogP contribution in [0.5, 0.6) is 0 Å². The molecule has 21 heavy (non-hydrogen) atoms.